The van der Waals surface area contributed by atoms with Crippen molar-refractivity contribution < 1.29 is 27.5 Å². The van der Waals surface area contributed by atoms with Gasteiger partial charge in [-0.3, -0.25) is 4.79 Å². The zero-order valence-corrected chi connectivity index (χ0v) is 19.3. The first-order chi connectivity index (χ1) is 17.0. The van der Waals surface area contributed by atoms with Crippen LogP contribution in [0, 0.1) is 5.82 Å². The van der Waals surface area contributed by atoms with E-state index in [0.717, 1.165) is 40.2 Å². The maximum atomic E-state index is 14.0. The van der Waals surface area contributed by atoms with E-state index in [1.807, 2.05) is 0 Å². The molecule has 0 radical (unpaired) electrons. The zero-order chi connectivity index (χ0) is 25.9. The molecule has 0 atom stereocenters. The first-order valence-electron chi connectivity index (χ1n) is 10.1. The fourth-order valence-electron chi connectivity index (χ4n) is 4.15. The van der Waals surface area contributed by atoms with Gasteiger partial charge in [-0.15, -0.1) is 11.3 Å². The largest absolute Gasteiger partial charge is 0.477 e. The molecule has 0 saturated heterocycles. The summed E-state index contributed by atoms with van der Waals surface area (Å²) in [4.78, 5) is 41.1. The van der Waals surface area contributed by atoms with Crippen LogP contribution >= 0.6 is 22.9 Å². The molecule has 5 rings (SSSR count). The number of nitrogens with zero attached hydrogens (tertiary/aromatic N) is 2. The van der Waals surface area contributed by atoms with Gasteiger partial charge in [-0.1, -0.05) is 11.6 Å². The first-order valence-corrected chi connectivity index (χ1v) is 11.4. The normalized spacial score (nSPS) is 12.0. The Kier molecular flexibility index (Phi) is 5.52. The Morgan fingerprint density at radius 1 is 1.08 bits per heavy atom. The van der Waals surface area contributed by atoms with Crippen molar-refractivity contribution in [2.45, 2.75) is 12.7 Å². The lowest BCUT2D eigenvalue weighted by atomic mass is 10.1. The second-order valence-electron chi connectivity index (χ2n) is 7.87. The molecule has 2 aromatic carbocycles. The van der Waals surface area contributed by atoms with Crippen LogP contribution in [-0.2, 0) is 12.7 Å². The first kappa shape index (κ1) is 23.8. The molecule has 2 N–H and O–H groups in total. The number of rotatable bonds is 4. The van der Waals surface area contributed by atoms with Crippen molar-refractivity contribution in [3.05, 3.63) is 95.7 Å². The van der Waals surface area contributed by atoms with Crippen LogP contribution in [0.4, 0.5) is 17.6 Å². The number of aromatic nitrogens is 3. The fourth-order valence-corrected chi connectivity index (χ4v) is 5.15. The summed E-state index contributed by atoms with van der Waals surface area (Å²) in [5, 5.41) is 12.8. The lowest BCUT2D eigenvalue weighted by molar-refractivity contribution is -0.137. The highest BCUT2D eigenvalue weighted by atomic mass is 35.5. The Bertz CT molecular complexity index is 1800. The van der Waals surface area contributed by atoms with Crippen LogP contribution in [0.15, 0.2) is 56.7 Å². The molecule has 0 amide bonds. The predicted octanol–water partition coefficient (Wildman–Crippen LogP) is 5.25. The maximum Gasteiger partial charge on any atom is 0.416 e. The smallest absolute Gasteiger partial charge is 0.416 e. The van der Waals surface area contributed by atoms with Crippen molar-refractivity contribution >= 4 is 50.7 Å². The van der Waals surface area contributed by atoms with Gasteiger partial charge in [0.25, 0.3) is 5.56 Å². The van der Waals surface area contributed by atoms with Gasteiger partial charge in [-0.2, -0.15) is 13.2 Å². The molecule has 3 aromatic heterocycles. The Morgan fingerprint density at radius 3 is 2.50 bits per heavy atom. The van der Waals surface area contributed by atoms with Crippen LogP contribution in [0.2, 0.25) is 5.02 Å². The number of hydrogen-bond acceptors (Lipinski definition) is 4. The van der Waals surface area contributed by atoms with E-state index in [1.54, 1.807) is 0 Å². The van der Waals surface area contributed by atoms with E-state index in [1.165, 1.54) is 16.8 Å². The summed E-state index contributed by atoms with van der Waals surface area (Å²) in [7, 11) is 0. The van der Waals surface area contributed by atoms with Gasteiger partial charge in [-0.05, 0) is 42.0 Å². The number of aromatic carboxylic acids is 1. The number of benzene rings is 2. The van der Waals surface area contributed by atoms with Crippen LogP contribution in [0.5, 0.6) is 0 Å². The van der Waals surface area contributed by atoms with Gasteiger partial charge in [0, 0.05) is 27.7 Å². The average molecular weight is 538 g/mol. The highest BCUT2D eigenvalue weighted by Gasteiger charge is 2.33. The Balaban J connectivity index is 1.92. The minimum absolute atomic E-state index is 0.0208. The molecule has 5 aromatic rings. The summed E-state index contributed by atoms with van der Waals surface area (Å²) >= 11 is 7.02. The zero-order valence-electron chi connectivity index (χ0n) is 17.7. The molecule has 0 saturated carbocycles. The maximum absolute atomic E-state index is 14.0. The monoisotopic (exact) mass is 537 g/mol. The van der Waals surface area contributed by atoms with Gasteiger partial charge in [0.1, 0.15) is 5.82 Å². The van der Waals surface area contributed by atoms with Gasteiger partial charge in [0.15, 0.2) is 5.69 Å². The predicted molar refractivity (Wildman–Crippen MR) is 126 cm³/mol. The van der Waals surface area contributed by atoms with Crippen LogP contribution in [0.3, 0.4) is 0 Å². The number of alkyl halides is 3. The quantitative estimate of drug-likeness (QED) is 0.306. The third-order valence-electron chi connectivity index (χ3n) is 5.59. The second kappa shape index (κ2) is 8.35. The highest BCUT2D eigenvalue weighted by molar-refractivity contribution is 7.09. The molecule has 0 aliphatic heterocycles. The molecule has 3 heterocycles. The molecule has 184 valence electrons. The molecule has 0 unspecified atom stereocenters. The molecular formula is C23H12ClF4N3O4S. The van der Waals surface area contributed by atoms with Gasteiger partial charge in [0.2, 0.25) is 0 Å². The Hall–Kier alpha value is -3.90. The topological polar surface area (TPSA) is 97.1 Å². The molecule has 0 aliphatic rings. The van der Waals surface area contributed by atoms with Gasteiger partial charge in [0.05, 0.1) is 27.7 Å². The van der Waals surface area contributed by atoms with Crippen molar-refractivity contribution in [3.8, 4) is 5.69 Å². The van der Waals surface area contributed by atoms with Crippen LogP contribution < -0.4 is 11.2 Å². The van der Waals surface area contributed by atoms with Gasteiger partial charge < -0.3 is 14.7 Å². The number of aromatic amines is 1. The standard InChI is InChI=1S/C23H12ClF4N3O4S/c24-12-3-10(4-13(25)6-12)7-30-17-2-1-11(23(26,27)28)5-14(17)18(19(30)21(33)34)31-20(32)15-8-36-9-16(15)29-22(31)35/h1-6,8-9H,7H2,(H,29,35)(H,33,34). The molecule has 0 fully saturated rings. The third-order valence-corrected chi connectivity index (χ3v) is 6.56. The summed E-state index contributed by atoms with van der Waals surface area (Å²) in [6.45, 7) is -0.325. The summed E-state index contributed by atoms with van der Waals surface area (Å²) in [6, 6.07) is 5.95. The number of halogens is 5. The second-order valence-corrected chi connectivity index (χ2v) is 9.05. The molecular weight excluding hydrogens is 526 g/mol. The van der Waals surface area contributed by atoms with Crippen LogP contribution in [-0.4, -0.2) is 25.2 Å². The average Bonchev–Trinajstić information content (AvgIpc) is 3.35. The van der Waals surface area contributed by atoms with Crippen molar-refractivity contribution in [1.29, 1.82) is 0 Å². The van der Waals surface area contributed by atoms with Crippen molar-refractivity contribution in [1.82, 2.24) is 14.1 Å². The number of fused-ring (bicyclic) bond motifs is 2. The molecule has 0 spiro atoms. The molecule has 0 bridgehead atoms. The number of carboxylic acids is 1. The van der Waals surface area contributed by atoms with Crippen LogP contribution in [0.1, 0.15) is 21.6 Å². The number of carbonyl (C=O) groups is 1. The van der Waals surface area contributed by atoms with Crippen molar-refractivity contribution in [3.63, 3.8) is 0 Å². The van der Waals surface area contributed by atoms with E-state index in [2.05, 4.69) is 4.98 Å². The molecule has 0 aliphatic carbocycles. The summed E-state index contributed by atoms with van der Waals surface area (Å²) < 4.78 is 56.3. The number of carboxylic acid groups (broad SMARTS) is 1. The van der Waals surface area contributed by atoms with E-state index in [-0.39, 0.29) is 38.9 Å². The Morgan fingerprint density at radius 2 is 1.83 bits per heavy atom. The minimum atomic E-state index is -4.79. The van der Waals surface area contributed by atoms with Gasteiger partial charge >= 0.3 is 17.8 Å². The lowest BCUT2D eigenvalue weighted by Gasteiger charge is -2.11. The van der Waals surface area contributed by atoms with Gasteiger partial charge in [-0.25, -0.2) is 18.5 Å². The molecule has 36 heavy (non-hydrogen) atoms. The number of thiophene rings is 1. The van der Waals surface area contributed by atoms with Crippen LogP contribution in [0.25, 0.3) is 27.5 Å². The Labute approximate surface area is 206 Å². The summed E-state index contributed by atoms with van der Waals surface area (Å²) in [5.74, 6) is -2.32. The van der Waals surface area contributed by atoms with E-state index in [4.69, 9.17) is 11.6 Å². The highest BCUT2D eigenvalue weighted by Crippen LogP contribution is 2.36. The van der Waals surface area contributed by atoms with E-state index < -0.39 is 46.2 Å². The van der Waals surface area contributed by atoms with E-state index in [9.17, 15) is 37.1 Å². The summed E-state index contributed by atoms with van der Waals surface area (Å²) in [6.07, 6.45) is -4.79. The third kappa shape index (κ3) is 3.88. The number of H-pyrrole nitrogens is 1. The van der Waals surface area contributed by atoms with Crippen molar-refractivity contribution in [2.75, 3.05) is 0 Å². The summed E-state index contributed by atoms with van der Waals surface area (Å²) in [5.41, 5.74) is -3.82. The molecule has 13 heteroatoms. The minimum Gasteiger partial charge on any atom is -0.477 e. The van der Waals surface area contributed by atoms with E-state index >= 15 is 0 Å². The lowest BCUT2D eigenvalue weighted by Crippen LogP contribution is -2.34. The van der Waals surface area contributed by atoms with E-state index in [0.29, 0.717) is 10.6 Å². The number of nitrogens with one attached hydrogen (secondary N) is 1. The fraction of sp³-hybridized carbons (Fsp3) is 0.0870. The van der Waals surface area contributed by atoms with Crippen molar-refractivity contribution in [2.24, 2.45) is 0 Å². The SMILES string of the molecule is O=C(O)c1c(-n2c(=O)[nH]c3cscc3c2=O)c2cc(C(F)(F)F)ccc2n1Cc1cc(F)cc(Cl)c1. The number of hydrogen-bond donors (Lipinski definition) is 2. The molecule has 7 nitrogen and oxygen atoms in total.